The summed E-state index contributed by atoms with van der Waals surface area (Å²) in [6, 6.07) is 7.56. The van der Waals surface area contributed by atoms with Crippen LogP contribution in [-0.2, 0) is 24.9 Å². The SMILES string of the molecule is Cc1nc(-c2nnn(C)c2COC(=O)N(C)Cc2ccncc2)ccc1OC1CCCCC1. The molecule has 0 N–H and O–H groups in total. The van der Waals surface area contributed by atoms with Gasteiger partial charge in [-0.15, -0.1) is 5.10 Å². The summed E-state index contributed by atoms with van der Waals surface area (Å²) in [6.07, 6.45) is 9.14. The molecule has 1 aliphatic carbocycles. The smallest absolute Gasteiger partial charge is 0.410 e. The molecule has 1 amide bonds. The maximum Gasteiger partial charge on any atom is 0.410 e. The van der Waals surface area contributed by atoms with Gasteiger partial charge in [0.05, 0.1) is 17.5 Å². The van der Waals surface area contributed by atoms with Gasteiger partial charge in [-0.25, -0.2) is 14.5 Å². The molecule has 3 aromatic rings. The molecule has 0 atom stereocenters. The molecule has 0 aromatic carbocycles. The van der Waals surface area contributed by atoms with Crippen molar-refractivity contribution in [2.24, 2.45) is 7.05 Å². The van der Waals surface area contributed by atoms with Crippen molar-refractivity contribution in [3.05, 3.63) is 53.6 Å². The number of carbonyl (C=O) groups is 1. The van der Waals surface area contributed by atoms with Crippen molar-refractivity contribution < 1.29 is 14.3 Å². The van der Waals surface area contributed by atoms with E-state index in [0.717, 1.165) is 29.8 Å². The van der Waals surface area contributed by atoms with E-state index in [1.165, 1.54) is 24.2 Å². The molecule has 33 heavy (non-hydrogen) atoms. The molecule has 9 heteroatoms. The van der Waals surface area contributed by atoms with Crippen molar-refractivity contribution in [1.29, 1.82) is 0 Å². The summed E-state index contributed by atoms with van der Waals surface area (Å²) in [7, 11) is 3.47. The van der Waals surface area contributed by atoms with Crippen molar-refractivity contribution in [3.8, 4) is 17.1 Å². The molecule has 0 unspecified atom stereocenters. The third-order valence-electron chi connectivity index (χ3n) is 5.88. The van der Waals surface area contributed by atoms with Gasteiger partial charge in [-0.2, -0.15) is 0 Å². The second kappa shape index (κ2) is 10.4. The number of carbonyl (C=O) groups excluding carboxylic acids is 1. The van der Waals surface area contributed by atoms with E-state index in [-0.39, 0.29) is 12.7 Å². The molecule has 1 fully saturated rings. The van der Waals surface area contributed by atoms with Crippen LogP contribution in [0.3, 0.4) is 0 Å². The number of aryl methyl sites for hydroxylation is 2. The largest absolute Gasteiger partial charge is 0.489 e. The zero-order valence-electron chi connectivity index (χ0n) is 19.4. The second-order valence-corrected chi connectivity index (χ2v) is 8.43. The van der Waals surface area contributed by atoms with Crippen LogP contribution in [0.1, 0.15) is 49.1 Å². The number of rotatable bonds is 7. The monoisotopic (exact) mass is 450 g/mol. The Labute approximate surface area is 193 Å². The maximum absolute atomic E-state index is 12.5. The van der Waals surface area contributed by atoms with E-state index in [0.29, 0.717) is 23.6 Å². The van der Waals surface area contributed by atoms with Crippen molar-refractivity contribution in [1.82, 2.24) is 29.9 Å². The molecule has 0 bridgehead atoms. The Balaban J connectivity index is 1.42. The first kappa shape index (κ1) is 22.7. The Hall–Kier alpha value is -3.49. The highest BCUT2D eigenvalue weighted by Crippen LogP contribution is 2.28. The molecular weight excluding hydrogens is 420 g/mol. The van der Waals surface area contributed by atoms with E-state index in [9.17, 15) is 4.79 Å². The lowest BCUT2D eigenvalue weighted by Gasteiger charge is -2.23. The van der Waals surface area contributed by atoms with Gasteiger partial charge >= 0.3 is 6.09 Å². The minimum atomic E-state index is -0.431. The van der Waals surface area contributed by atoms with Crippen molar-refractivity contribution in [2.75, 3.05) is 7.05 Å². The summed E-state index contributed by atoms with van der Waals surface area (Å²) in [5.41, 5.74) is 3.72. The van der Waals surface area contributed by atoms with E-state index in [1.807, 2.05) is 31.2 Å². The zero-order chi connectivity index (χ0) is 23.2. The van der Waals surface area contributed by atoms with Crippen LogP contribution in [0.2, 0.25) is 0 Å². The Morgan fingerprint density at radius 3 is 2.64 bits per heavy atom. The number of hydrogen-bond donors (Lipinski definition) is 0. The number of amides is 1. The molecule has 0 radical (unpaired) electrons. The van der Waals surface area contributed by atoms with E-state index < -0.39 is 6.09 Å². The normalized spacial score (nSPS) is 14.2. The average molecular weight is 451 g/mol. The molecule has 9 nitrogen and oxygen atoms in total. The Bertz CT molecular complexity index is 1080. The van der Waals surface area contributed by atoms with Gasteiger partial charge in [0.1, 0.15) is 23.7 Å². The lowest BCUT2D eigenvalue weighted by Crippen LogP contribution is -2.27. The van der Waals surface area contributed by atoms with Crippen LogP contribution in [0.5, 0.6) is 5.75 Å². The third kappa shape index (κ3) is 5.66. The molecule has 1 aliphatic rings. The van der Waals surface area contributed by atoms with Gasteiger partial charge in [-0.05, 0) is 62.4 Å². The standard InChI is InChI=1S/C24H30N6O3/c1-17-22(33-19-7-5-4-6-8-19)10-9-20(26-17)23-21(30(3)28-27-23)16-32-24(31)29(2)15-18-11-13-25-14-12-18/h9-14,19H,4-8,15-16H2,1-3H3. The topological polar surface area (TPSA) is 95.3 Å². The molecule has 0 aliphatic heterocycles. The summed E-state index contributed by atoms with van der Waals surface area (Å²) in [4.78, 5) is 22.7. The van der Waals surface area contributed by atoms with Gasteiger partial charge < -0.3 is 14.4 Å². The Kier molecular flexibility index (Phi) is 7.16. The molecule has 3 heterocycles. The van der Waals surface area contributed by atoms with Crippen LogP contribution in [0, 0.1) is 6.92 Å². The fourth-order valence-corrected chi connectivity index (χ4v) is 3.97. The number of hydrogen-bond acceptors (Lipinski definition) is 7. The van der Waals surface area contributed by atoms with E-state index in [2.05, 4.69) is 15.3 Å². The number of aromatic nitrogens is 5. The first-order valence-electron chi connectivity index (χ1n) is 11.3. The predicted molar refractivity (Wildman–Crippen MR) is 122 cm³/mol. The third-order valence-corrected chi connectivity index (χ3v) is 5.88. The molecular formula is C24H30N6O3. The van der Waals surface area contributed by atoms with Crippen LogP contribution in [-0.4, -0.2) is 49.1 Å². The van der Waals surface area contributed by atoms with E-state index in [1.54, 1.807) is 31.2 Å². The summed E-state index contributed by atoms with van der Waals surface area (Å²) in [5.74, 6) is 0.806. The Morgan fingerprint density at radius 2 is 1.91 bits per heavy atom. The van der Waals surface area contributed by atoms with Crippen LogP contribution >= 0.6 is 0 Å². The maximum atomic E-state index is 12.5. The van der Waals surface area contributed by atoms with Crippen LogP contribution in [0.4, 0.5) is 4.79 Å². The van der Waals surface area contributed by atoms with Gasteiger partial charge in [-0.1, -0.05) is 11.6 Å². The van der Waals surface area contributed by atoms with Crippen LogP contribution < -0.4 is 4.74 Å². The average Bonchev–Trinajstić information content (AvgIpc) is 3.20. The number of pyridine rings is 2. The summed E-state index contributed by atoms with van der Waals surface area (Å²) >= 11 is 0. The first-order chi connectivity index (χ1) is 16.0. The van der Waals surface area contributed by atoms with Gasteiger partial charge in [0.25, 0.3) is 0 Å². The van der Waals surface area contributed by atoms with Gasteiger partial charge in [0, 0.05) is 33.0 Å². The van der Waals surface area contributed by atoms with E-state index >= 15 is 0 Å². The van der Waals surface area contributed by atoms with Crippen LogP contribution in [0.15, 0.2) is 36.7 Å². The van der Waals surface area contributed by atoms with Crippen molar-refractivity contribution in [3.63, 3.8) is 0 Å². The fraction of sp³-hybridized carbons (Fsp3) is 0.458. The molecule has 174 valence electrons. The second-order valence-electron chi connectivity index (χ2n) is 8.43. The van der Waals surface area contributed by atoms with Crippen molar-refractivity contribution in [2.45, 2.75) is 58.3 Å². The lowest BCUT2D eigenvalue weighted by molar-refractivity contribution is 0.100. The summed E-state index contributed by atoms with van der Waals surface area (Å²) in [6.45, 7) is 2.41. The molecule has 0 spiro atoms. The first-order valence-corrected chi connectivity index (χ1v) is 11.3. The van der Waals surface area contributed by atoms with Crippen molar-refractivity contribution >= 4 is 6.09 Å². The highest BCUT2D eigenvalue weighted by Gasteiger charge is 2.20. The zero-order valence-corrected chi connectivity index (χ0v) is 19.4. The number of nitrogens with zero attached hydrogens (tertiary/aromatic N) is 6. The molecule has 3 aromatic heterocycles. The molecule has 0 saturated heterocycles. The van der Waals surface area contributed by atoms with E-state index in [4.69, 9.17) is 14.5 Å². The van der Waals surface area contributed by atoms with Gasteiger partial charge in [0.2, 0.25) is 0 Å². The summed E-state index contributed by atoms with van der Waals surface area (Å²) < 4.78 is 13.3. The minimum Gasteiger partial charge on any atom is -0.489 e. The molecule has 1 saturated carbocycles. The lowest BCUT2D eigenvalue weighted by atomic mass is 9.98. The van der Waals surface area contributed by atoms with Gasteiger partial charge in [0.15, 0.2) is 0 Å². The fourth-order valence-electron chi connectivity index (χ4n) is 3.97. The Morgan fingerprint density at radius 1 is 1.15 bits per heavy atom. The summed E-state index contributed by atoms with van der Waals surface area (Å²) in [5, 5.41) is 8.37. The quantitative estimate of drug-likeness (QED) is 0.536. The van der Waals surface area contributed by atoms with Gasteiger partial charge in [-0.3, -0.25) is 4.98 Å². The highest BCUT2D eigenvalue weighted by molar-refractivity contribution is 5.67. The minimum absolute atomic E-state index is 0.0411. The predicted octanol–water partition coefficient (Wildman–Crippen LogP) is 4.06. The highest BCUT2D eigenvalue weighted by atomic mass is 16.6. The number of ether oxygens (including phenoxy) is 2. The van der Waals surface area contributed by atoms with Crippen LogP contribution in [0.25, 0.3) is 11.4 Å². The molecule has 4 rings (SSSR count).